The van der Waals surface area contributed by atoms with Crippen LogP contribution in [0.5, 0.6) is 17.2 Å². The van der Waals surface area contributed by atoms with Crippen molar-refractivity contribution in [1.82, 2.24) is 0 Å². The van der Waals surface area contributed by atoms with Crippen LogP contribution in [0.3, 0.4) is 0 Å². The number of ketones is 1. The van der Waals surface area contributed by atoms with E-state index in [0.717, 1.165) is 15.9 Å². The molecular formula is C42H34ClFN2O8. The molecule has 1 saturated carbocycles. The van der Waals surface area contributed by atoms with Gasteiger partial charge >= 0.3 is 0 Å². The van der Waals surface area contributed by atoms with Crippen LogP contribution in [0.2, 0.25) is 5.02 Å². The molecule has 2 heterocycles. The molecule has 4 amide bonds. The lowest BCUT2D eigenvalue weighted by atomic mass is 9.51. The van der Waals surface area contributed by atoms with Crippen molar-refractivity contribution < 1.29 is 42.9 Å². The van der Waals surface area contributed by atoms with E-state index in [1.807, 2.05) is 12.1 Å². The fourth-order valence-electron chi connectivity index (χ4n) is 9.18. The van der Waals surface area contributed by atoms with Crippen molar-refractivity contribution in [2.24, 2.45) is 29.1 Å². The first-order chi connectivity index (χ1) is 25.9. The van der Waals surface area contributed by atoms with Gasteiger partial charge in [-0.1, -0.05) is 53.6 Å². The Bertz CT molecular complexity index is 2290. The number of aromatic hydroxyl groups is 1. The lowest BCUT2D eigenvalue weighted by Crippen LogP contribution is -2.49. The lowest BCUT2D eigenvalue weighted by molar-refractivity contribution is -0.131. The van der Waals surface area contributed by atoms with Crippen molar-refractivity contribution in [3.63, 3.8) is 0 Å². The number of rotatable bonds is 7. The number of carbonyl (C=O) groups excluding carboxylic acids is 5. The number of methoxy groups -OCH3 is 2. The topological polar surface area (TPSA) is 131 Å². The van der Waals surface area contributed by atoms with E-state index in [9.17, 15) is 33.5 Å². The predicted molar refractivity (Wildman–Crippen MR) is 196 cm³/mol. The van der Waals surface area contributed by atoms with Gasteiger partial charge < -0.3 is 14.6 Å². The molecular weight excluding hydrogens is 715 g/mol. The Balaban J connectivity index is 1.23. The number of hydrogen-bond donors (Lipinski definition) is 1. The van der Waals surface area contributed by atoms with Crippen molar-refractivity contribution in [2.45, 2.75) is 25.7 Å². The fourth-order valence-corrected chi connectivity index (χ4v) is 9.35. The van der Waals surface area contributed by atoms with E-state index in [1.165, 1.54) is 38.5 Å². The minimum atomic E-state index is -1.48. The second-order valence-corrected chi connectivity index (χ2v) is 14.7. The van der Waals surface area contributed by atoms with Gasteiger partial charge in [0.2, 0.25) is 23.6 Å². The number of anilines is 2. The summed E-state index contributed by atoms with van der Waals surface area (Å²) in [5.74, 6) is -6.83. The maximum absolute atomic E-state index is 14.8. The average molecular weight is 749 g/mol. The molecule has 0 aromatic heterocycles. The summed E-state index contributed by atoms with van der Waals surface area (Å²) in [5, 5.41) is 10.3. The molecule has 12 heteroatoms. The van der Waals surface area contributed by atoms with E-state index in [-0.39, 0.29) is 46.6 Å². The molecule has 6 atom stereocenters. The van der Waals surface area contributed by atoms with Crippen molar-refractivity contribution in [3.8, 4) is 17.2 Å². The number of nitrogens with zero attached hydrogens (tertiary/aromatic N) is 2. The summed E-state index contributed by atoms with van der Waals surface area (Å²) in [7, 11) is 2.82. The van der Waals surface area contributed by atoms with Crippen LogP contribution < -0.4 is 19.3 Å². The first-order valence-corrected chi connectivity index (χ1v) is 17.8. The summed E-state index contributed by atoms with van der Waals surface area (Å²) in [6.45, 7) is 1.69. The number of fused-ring (bicyclic) bond motifs is 4. The lowest BCUT2D eigenvalue weighted by Gasteiger charge is -2.49. The zero-order valence-corrected chi connectivity index (χ0v) is 30.2. The smallest absolute Gasteiger partial charge is 0.241 e. The van der Waals surface area contributed by atoms with E-state index in [2.05, 4.69) is 0 Å². The molecule has 2 aliphatic carbocycles. The fraction of sp³-hybridized carbons (Fsp3) is 0.262. The molecule has 54 heavy (non-hydrogen) atoms. The number of carbonyl (C=O) groups is 5. The number of allylic oxidation sites excluding steroid dienone is 2. The molecule has 2 aliphatic heterocycles. The Morgan fingerprint density at radius 1 is 0.815 bits per heavy atom. The standard InChI is InChI=1S/C42H34ClFN2O8/c1-42-29(39(50)46(41(42)52)24-13-16-31(44)30(43)17-24)20-28-26(36(42)35-32(53-2)18-25(47)19-33(35)54-3)14-15-27-34(28)40(51)45(38(27)49)23-11-9-22(10-12-23)37(48)21-7-5-4-6-8-21/h4-14,16-19,27-29,34,36,47H,15,20H2,1-3H3/t27-,28+,29-,34-,36+,42+/m0/s1. The molecule has 0 unspecified atom stereocenters. The minimum Gasteiger partial charge on any atom is -0.508 e. The highest BCUT2D eigenvalue weighted by atomic mass is 35.5. The highest BCUT2D eigenvalue weighted by Gasteiger charge is 2.68. The number of amides is 4. The molecule has 0 spiro atoms. The van der Waals surface area contributed by atoms with Crippen LogP contribution >= 0.6 is 11.6 Å². The van der Waals surface area contributed by atoms with Gasteiger partial charge in [-0.3, -0.25) is 28.9 Å². The van der Waals surface area contributed by atoms with Crippen molar-refractivity contribution >= 4 is 52.4 Å². The van der Waals surface area contributed by atoms with Crippen LogP contribution in [0.4, 0.5) is 15.8 Å². The van der Waals surface area contributed by atoms with Gasteiger partial charge in [0.15, 0.2) is 5.78 Å². The second kappa shape index (κ2) is 12.9. The van der Waals surface area contributed by atoms with Crippen LogP contribution in [-0.2, 0) is 19.2 Å². The molecule has 3 fully saturated rings. The van der Waals surface area contributed by atoms with Crippen LogP contribution in [0.15, 0.2) is 96.6 Å². The zero-order chi connectivity index (χ0) is 38.2. The monoisotopic (exact) mass is 748 g/mol. The van der Waals surface area contributed by atoms with Gasteiger partial charge in [0, 0.05) is 34.7 Å². The summed E-state index contributed by atoms with van der Waals surface area (Å²) in [5.41, 5.74) is 0.903. The maximum atomic E-state index is 14.8. The Kier molecular flexibility index (Phi) is 8.45. The number of benzene rings is 4. The first kappa shape index (κ1) is 35.2. The van der Waals surface area contributed by atoms with Gasteiger partial charge in [0.1, 0.15) is 23.1 Å². The average Bonchev–Trinajstić information content (AvgIpc) is 3.55. The van der Waals surface area contributed by atoms with Crippen LogP contribution in [0, 0.1) is 34.9 Å². The quantitative estimate of drug-likeness (QED) is 0.123. The number of halogens is 2. The SMILES string of the molecule is COc1cc(O)cc(OC)c1[C@H]1C2=CC[C@@H]3C(=O)N(c4ccc(C(=O)c5ccccc5)cc4)C(=O)[C@@H]3[C@@H]2C[C@H]2C(=O)N(c3ccc(F)c(Cl)c3)C(=O)[C@@]12C. The van der Waals surface area contributed by atoms with Gasteiger partial charge in [-0.25, -0.2) is 9.29 Å². The molecule has 1 N–H and O–H groups in total. The van der Waals surface area contributed by atoms with Crippen LogP contribution in [0.1, 0.15) is 47.2 Å². The van der Waals surface area contributed by atoms with Gasteiger partial charge in [-0.15, -0.1) is 0 Å². The van der Waals surface area contributed by atoms with E-state index in [1.54, 1.807) is 55.5 Å². The Labute approximate surface area is 314 Å². The Morgan fingerprint density at radius 2 is 1.44 bits per heavy atom. The van der Waals surface area contributed by atoms with Gasteiger partial charge in [-0.05, 0) is 68.1 Å². The molecule has 4 aliphatic rings. The summed E-state index contributed by atoms with van der Waals surface area (Å²) < 4.78 is 25.8. The number of ether oxygens (including phenoxy) is 2. The third kappa shape index (κ3) is 5.09. The van der Waals surface area contributed by atoms with E-state index < -0.39 is 64.5 Å². The third-order valence-corrected chi connectivity index (χ3v) is 12.0. The van der Waals surface area contributed by atoms with Crippen molar-refractivity contribution in [1.29, 1.82) is 0 Å². The molecule has 0 radical (unpaired) electrons. The number of hydrogen-bond acceptors (Lipinski definition) is 8. The minimum absolute atomic E-state index is 0.0656. The first-order valence-electron chi connectivity index (χ1n) is 17.5. The van der Waals surface area contributed by atoms with Crippen molar-refractivity contribution in [3.05, 3.63) is 124 Å². The third-order valence-electron chi connectivity index (χ3n) is 11.7. The summed E-state index contributed by atoms with van der Waals surface area (Å²) >= 11 is 6.12. The van der Waals surface area contributed by atoms with E-state index in [0.29, 0.717) is 28.0 Å². The van der Waals surface area contributed by atoms with Gasteiger partial charge in [-0.2, -0.15) is 0 Å². The largest absolute Gasteiger partial charge is 0.508 e. The number of imide groups is 2. The Hall–Kier alpha value is -5.81. The maximum Gasteiger partial charge on any atom is 0.241 e. The number of phenols is 1. The molecule has 10 nitrogen and oxygen atoms in total. The van der Waals surface area contributed by atoms with E-state index >= 15 is 0 Å². The molecule has 274 valence electrons. The molecule has 4 aromatic carbocycles. The molecule has 2 saturated heterocycles. The molecule has 0 bridgehead atoms. The molecule has 4 aromatic rings. The van der Waals surface area contributed by atoms with Crippen LogP contribution in [-0.4, -0.2) is 48.7 Å². The zero-order valence-electron chi connectivity index (χ0n) is 29.4. The van der Waals surface area contributed by atoms with Crippen LogP contribution in [0.25, 0.3) is 0 Å². The highest BCUT2D eigenvalue weighted by Crippen LogP contribution is 2.66. The Morgan fingerprint density at radius 3 is 2.07 bits per heavy atom. The second-order valence-electron chi connectivity index (χ2n) is 14.3. The summed E-state index contributed by atoms with van der Waals surface area (Å²) in [4.78, 5) is 73.3. The predicted octanol–water partition coefficient (Wildman–Crippen LogP) is 6.87. The highest BCUT2D eigenvalue weighted by molar-refractivity contribution is 6.32. The molecule has 8 rings (SSSR count). The normalized spacial score (nSPS) is 25.9. The summed E-state index contributed by atoms with van der Waals surface area (Å²) in [6, 6.07) is 21.5. The van der Waals surface area contributed by atoms with E-state index in [4.69, 9.17) is 21.1 Å². The van der Waals surface area contributed by atoms with Gasteiger partial charge in [0.25, 0.3) is 0 Å². The number of phenolic OH excluding ortho intramolecular Hbond substituents is 1. The summed E-state index contributed by atoms with van der Waals surface area (Å²) in [6.07, 6.45) is 2.13. The van der Waals surface area contributed by atoms with Crippen molar-refractivity contribution in [2.75, 3.05) is 24.0 Å². The van der Waals surface area contributed by atoms with Gasteiger partial charge in [0.05, 0.1) is 53.8 Å².